The van der Waals surface area contributed by atoms with Crippen LogP contribution in [0.15, 0.2) is 48.5 Å². The van der Waals surface area contributed by atoms with Gasteiger partial charge in [0.25, 0.3) is 5.91 Å². The molecular weight excluding hydrogens is 462 g/mol. The number of benzene rings is 2. The molecule has 7 nitrogen and oxygen atoms in total. The summed E-state index contributed by atoms with van der Waals surface area (Å²) in [6.07, 6.45) is 6.44. The second kappa shape index (κ2) is 10.1. The van der Waals surface area contributed by atoms with E-state index in [1.54, 1.807) is 0 Å². The van der Waals surface area contributed by atoms with Crippen molar-refractivity contribution in [2.45, 2.75) is 44.9 Å². The maximum Gasteiger partial charge on any atom is 0.276 e. The number of piperidine rings is 1. The molecule has 3 N–H and O–H groups in total. The van der Waals surface area contributed by atoms with Gasteiger partial charge in [0.05, 0.1) is 17.1 Å². The molecule has 1 aliphatic heterocycles. The lowest BCUT2D eigenvalue weighted by molar-refractivity contribution is -0.122. The molecule has 8 heteroatoms. The third-order valence-corrected chi connectivity index (χ3v) is 7.36. The molecule has 0 bridgehead atoms. The van der Waals surface area contributed by atoms with Gasteiger partial charge in [-0.05, 0) is 74.9 Å². The van der Waals surface area contributed by atoms with Crippen LogP contribution in [-0.2, 0) is 17.6 Å². The summed E-state index contributed by atoms with van der Waals surface area (Å²) < 4.78 is 1.91. The fourth-order valence-corrected chi connectivity index (χ4v) is 5.32. The minimum atomic E-state index is -0.233. The van der Waals surface area contributed by atoms with Crippen LogP contribution in [0.2, 0.25) is 5.02 Å². The molecule has 2 amide bonds. The summed E-state index contributed by atoms with van der Waals surface area (Å²) in [5.41, 5.74) is 10.7. The SMILES string of the molecule is NC(=O)C1CCN(c2ccccc2NC(=O)c2nn(-c3ccc(Cl)cc3)c3c2CCCCC3)CC1. The summed E-state index contributed by atoms with van der Waals surface area (Å²) in [7, 11) is 0. The van der Waals surface area contributed by atoms with Gasteiger partial charge >= 0.3 is 0 Å². The predicted octanol–water partition coefficient (Wildman–Crippen LogP) is 4.75. The normalized spacial score (nSPS) is 16.4. The highest BCUT2D eigenvalue weighted by Gasteiger charge is 2.27. The Morgan fingerprint density at radius 3 is 2.43 bits per heavy atom. The maximum atomic E-state index is 13.6. The first kappa shape index (κ1) is 23.4. The molecule has 1 fully saturated rings. The van der Waals surface area contributed by atoms with Gasteiger partial charge in [-0.25, -0.2) is 4.68 Å². The number of para-hydroxylation sites is 2. The molecular formula is C27H30ClN5O2. The Balaban J connectivity index is 1.43. The molecule has 1 aliphatic carbocycles. The maximum absolute atomic E-state index is 13.6. The van der Waals surface area contributed by atoms with Crippen LogP contribution < -0.4 is 16.0 Å². The first-order valence-corrected chi connectivity index (χ1v) is 12.7. The number of halogens is 1. The van der Waals surface area contributed by atoms with Gasteiger partial charge in [-0.15, -0.1) is 0 Å². The van der Waals surface area contributed by atoms with Crippen LogP contribution in [0.5, 0.6) is 0 Å². The number of nitrogens with two attached hydrogens (primary N) is 1. The first-order valence-electron chi connectivity index (χ1n) is 12.3. The highest BCUT2D eigenvalue weighted by atomic mass is 35.5. The molecule has 2 heterocycles. The molecule has 0 radical (unpaired) electrons. The number of hydrogen-bond acceptors (Lipinski definition) is 4. The van der Waals surface area contributed by atoms with E-state index in [9.17, 15) is 9.59 Å². The number of carbonyl (C=O) groups is 2. The Hall–Kier alpha value is -3.32. The van der Waals surface area contributed by atoms with E-state index in [1.165, 1.54) is 0 Å². The Morgan fingerprint density at radius 2 is 1.69 bits per heavy atom. The van der Waals surface area contributed by atoms with Crippen LogP contribution in [0.1, 0.15) is 53.8 Å². The third-order valence-electron chi connectivity index (χ3n) is 7.11. The van der Waals surface area contributed by atoms with Gasteiger partial charge in [0.1, 0.15) is 0 Å². The number of carbonyl (C=O) groups excluding carboxylic acids is 2. The number of amides is 2. The van der Waals surface area contributed by atoms with E-state index in [2.05, 4.69) is 10.2 Å². The van der Waals surface area contributed by atoms with E-state index in [0.717, 1.165) is 86.4 Å². The summed E-state index contributed by atoms with van der Waals surface area (Å²) in [4.78, 5) is 27.4. The van der Waals surface area contributed by atoms with Crippen LogP contribution in [0.25, 0.3) is 5.69 Å². The lowest BCUT2D eigenvalue weighted by Gasteiger charge is -2.33. The number of nitrogens with zero attached hydrogens (tertiary/aromatic N) is 3. The van der Waals surface area contributed by atoms with Gasteiger partial charge in [-0.1, -0.05) is 30.2 Å². The topological polar surface area (TPSA) is 93.2 Å². The number of nitrogens with one attached hydrogen (secondary N) is 1. The largest absolute Gasteiger partial charge is 0.370 e. The zero-order chi connectivity index (χ0) is 24.4. The smallest absolute Gasteiger partial charge is 0.276 e. The minimum Gasteiger partial charge on any atom is -0.370 e. The molecule has 0 spiro atoms. The molecule has 3 aromatic rings. The number of anilines is 2. The van der Waals surface area contributed by atoms with Gasteiger partial charge in [-0.3, -0.25) is 9.59 Å². The molecule has 5 rings (SSSR count). The van der Waals surface area contributed by atoms with Crippen molar-refractivity contribution in [1.29, 1.82) is 0 Å². The van der Waals surface area contributed by atoms with E-state index in [4.69, 9.17) is 22.4 Å². The Morgan fingerprint density at radius 1 is 0.971 bits per heavy atom. The van der Waals surface area contributed by atoms with Crippen molar-refractivity contribution < 1.29 is 9.59 Å². The van der Waals surface area contributed by atoms with Gasteiger partial charge in [0.2, 0.25) is 5.91 Å². The first-order chi connectivity index (χ1) is 17.0. The highest BCUT2D eigenvalue weighted by molar-refractivity contribution is 6.30. The van der Waals surface area contributed by atoms with Crippen LogP contribution >= 0.6 is 11.6 Å². The van der Waals surface area contributed by atoms with Crippen LogP contribution in [-0.4, -0.2) is 34.7 Å². The standard InChI is InChI=1S/C27H30ClN5O2/c28-19-10-12-20(13-11-19)33-23-8-3-1-2-6-21(23)25(31-33)27(35)30-22-7-4-5-9-24(22)32-16-14-18(15-17-32)26(29)34/h4-5,7,9-13,18H,1-3,6,8,14-17H2,(H2,29,34)(H,30,35). The second-order valence-corrected chi connectivity index (χ2v) is 9.79. The fourth-order valence-electron chi connectivity index (χ4n) is 5.20. The van der Waals surface area contributed by atoms with Gasteiger partial charge in [0, 0.05) is 35.3 Å². The summed E-state index contributed by atoms with van der Waals surface area (Å²) in [6.45, 7) is 1.45. The van der Waals surface area contributed by atoms with Crippen molar-refractivity contribution in [2.24, 2.45) is 11.7 Å². The Kier molecular flexibility index (Phi) is 6.77. The zero-order valence-corrected chi connectivity index (χ0v) is 20.4. The molecule has 2 aliphatic rings. The number of aromatic nitrogens is 2. The van der Waals surface area contributed by atoms with Crippen molar-refractivity contribution in [3.8, 4) is 5.69 Å². The van der Waals surface area contributed by atoms with E-state index in [-0.39, 0.29) is 17.7 Å². The summed E-state index contributed by atoms with van der Waals surface area (Å²) >= 11 is 6.10. The third kappa shape index (κ3) is 4.91. The second-order valence-electron chi connectivity index (χ2n) is 9.36. The predicted molar refractivity (Wildman–Crippen MR) is 138 cm³/mol. The van der Waals surface area contributed by atoms with Crippen molar-refractivity contribution >= 4 is 34.8 Å². The van der Waals surface area contributed by atoms with Crippen molar-refractivity contribution in [2.75, 3.05) is 23.3 Å². The zero-order valence-electron chi connectivity index (χ0n) is 19.7. The van der Waals surface area contributed by atoms with Gasteiger partial charge in [0.15, 0.2) is 5.69 Å². The summed E-state index contributed by atoms with van der Waals surface area (Å²) in [6, 6.07) is 15.4. The lowest BCUT2D eigenvalue weighted by atomic mass is 9.96. The van der Waals surface area contributed by atoms with Crippen LogP contribution in [0, 0.1) is 5.92 Å². The lowest BCUT2D eigenvalue weighted by Crippen LogP contribution is -2.38. The van der Waals surface area contributed by atoms with E-state index >= 15 is 0 Å². The highest BCUT2D eigenvalue weighted by Crippen LogP contribution is 2.32. The van der Waals surface area contributed by atoms with Gasteiger partial charge in [-0.2, -0.15) is 5.10 Å². The molecule has 0 saturated carbocycles. The molecule has 182 valence electrons. The molecule has 0 atom stereocenters. The Bertz CT molecular complexity index is 1230. The fraction of sp³-hybridized carbons (Fsp3) is 0.370. The van der Waals surface area contributed by atoms with E-state index in [0.29, 0.717) is 10.7 Å². The molecule has 0 unspecified atom stereocenters. The summed E-state index contributed by atoms with van der Waals surface area (Å²) in [5.74, 6) is -0.515. The van der Waals surface area contributed by atoms with Crippen molar-refractivity contribution in [1.82, 2.24) is 9.78 Å². The van der Waals surface area contributed by atoms with Crippen LogP contribution in [0.3, 0.4) is 0 Å². The molecule has 2 aromatic carbocycles. The number of hydrogen-bond donors (Lipinski definition) is 2. The summed E-state index contributed by atoms with van der Waals surface area (Å²) in [5, 5.41) is 8.60. The van der Waals surface area contributed by atoms with Crippen molar-refractivity contribution in [3.05, 3.63) is 70.5 Å². The quantitative estimate of drug-likeness (QED) is 0.504. The average molecular weight is 492 g/mol. The van der Waals surface area contributed by atoms with E-state index in [1.807, 2.05) is 53.2 Å². The molecule has 1 aromatic heterocycles. The number of fused-ring (bicyclic) bond motifs is 1. The van der Waals surface area contributed by atoms with Crippen LogP contribution in [0.4, 0.5) is 11.4 Å². The average Bonchev–Trinajstić information content (AvgIpc) is 3.06. The van der Waals surface area contributed by atoms with E-state index < -0.39 is 0 Å². The monoisotopic (exact) mass is 491 g/mol. The Labute approximate surface area is 210 Å². The van der Waals surface area contributed by atoms with Crippen molar-refractivity contribution in [3.63, 3.8) is 0 Å². The molecule has 35 heavy (non-hydrogen) atoms. The van der Waals surface area contributed by atoms with Gasteiger partial charge < -0.3 is 16.0 Å². The minimum absolute atomic E-state index is 0.0831. The molecule has 1 saturated heterocycles. The number of primary amides is 1. The number of rotatable bonds is 5.